The molecule has 25 heavy (non-hydrogen) atoms. The Bertz CT molecular complexity index is 903. The zero-order valence-corrected chi connectivity index (χ0v) is 14.2. The molecule has 2 aromatic heterocycles. The standard InChI is InChI=1S/C19H21N5O/c1-24-7-6-14(12-24)18-21-10-16(23-18)11-22-19(25)15-8-13-4-2-3-5-17(13)20-9-15/h2-5,8-10,14H,6-7,11-12H2,1H3,(H,21,23)(H,22,25). The lowest BCUT2D eigenvalue weighted by molar-refractivity contribution is 0.0950. The molecule has 128 valence electrons. The average Bonchev–Trinajstić information content (AvgIpc) is 3.28. The number of hydrogen-bond donors (Lipinski definition) is 2. The number of likely N-dealkylation sites (tertiary alicyclic amines) is 1. The number of carbonyl (C=O) groups excluding carboxylic acids is 1. The van der Waals surface area contributed by atoms with Crippen LogP contribution in [0.2, 0.25) is 0 Å². The SMILES string of the molecule is CN1CCC(c2ncc(CNC(=O)c3cnc4ccccc4c3)[nH]2)C1. The summed E-state index contributed by atoms with van der Waals surface area (Å²) in [5, 5.41) is 3.89. The van der Waals surface area contributed by atoms with Crippen LogP contribution in [0, 0.1) is 0 Å². The average molecular weight is 335 g/mol. The summed E-state index contributed by atoms with van der Waals surface area (Å²) >= 11 is 0. The molecule has 6 nitrogen and oxygen atoms in total. The summed E-state index contributed by atoms with van der Waals surface area (Å²) in [6, 6.07) is 9.64. The lowest BCUT2D eigenvalue weighted by Gasteiger charge is -2.07. The van der Waals surface area contributed by atoms with Crippen LogP contribution in [0.5, 0.6) is 0 Å². The molecule has 1 saturated heterocycles. The zero-order chi connectivity index (χ0) is 17.2. The fraction of sp³-hybridized carbons (Fsp3) is 0.316. The van der Waals surface area contributed by atoms with E-state index in [9.17, 15) is 4.79 Å². The molecule has 2 N–H and O–H groups in total. The van der Waals surface area contributed by atoms with Crippen molar-refractivity contribution >= 4 is 16.8 Å². The molecule has 1 fully saturated rings. The third-order valence-corrected chi connectivity index (χ3v) is 4.72. The largest absolute Gasteiger partial charge is 0.346 e. The van der Waals surface area contributed by atoms with Crippen LogP contribution < -0.4 is 5.32 Å². The molecule has 0 radical (unpaired) electrons. The number of rotatable bonds is 4. The minimum absolute atomic E-state index is 0.130. The Morgan fingerprint density at radius 3 is 3.04 bits per heavy atom. The van der Waals surface area contributed by atoms with Crippen molar-refractivity contribution in [3.8, 4) is 0 Å². The van der Waals surface area contributed by atoms with Gasteiger partial charge < -0.3 is 15.2 Å². The highest BCUT2D eigenvalue weighted by Crippen LogP contribution is 2.23. The smallest absolute Gasteiger partial charge is 0.253 e. The zero-order valence-electron chi connectivity index (χ0n) is 14.2. The molecule has 0 saturated carbocycles. The molecule has 3 heterocycles. The second-order valence-corrected chi connectivity index (χ2v) is 6.64. The number of fused-ring (bicyclic) bond motifs is 1. The number of nitrogens with one attached hydrogen (secondary N) is 2. The van der Waals surface area contributed by atoms with Gasteiger partial charge in [-0.05, 0) is 32.1 Å². The Morgan fingerprint density at radius 2 is 2.20 bits per heavy atom. The molecule has 0 bridgehead atoms. The van der Waals surface area contributed by atoms with Gasteiger partial charge in [0, 0.05) is 24.0 Å². The van der Waals surface area contributed by atoms with Crippen molar-refractivity contribution in [2.24, 2.45) is 0 Å². The van der Waals surface area contributed by atoms with Gasteiger partial charge in [-0.25, -0.2) is 4.98 Å². The van der Waals surface area contributed by atoms with E-state index in [2.05, 4.69) is 32.2 Å². The maximum absolute atomic E-state index is 12.4. The topological polar surface area (TPSA) is 73.9 Å². The predicted molar refractivity (Wildman–Crippen MR) is 96.4 cm³/mol. The highest BCUT2D eigenvalue weighted by Gasteiger charge is 2.23. The van der Waals surface area contributed by atoms with Gasteiger partial charge in [0.2, 0.25) is 0 Å². The number of aromatic amines is 1. The molecule has 1 unspecified atom stereocenters. The fourth-order valence-electron chi connectivity index (χ4n) is 3.30. The van der Waals surface area contributed by atoms with E-state index in [4.69, 9.17) is 0 Å². The molecule has 0 spiro atoms. The van der Waals surface area contributed by atoms with Gasteiger partial charge in [-0.15, -0.1) is 0 Å². The number of likely N-dealkylation sites (N-methyl/N-ethyl adjacent to an activating group) is 1. The summed E-state index contributed by atoms with van der Waals surface area (Å²) in [6.07, 6.45) is 4.55. The summed E-state index contributed by atoms with van der Waals surface area (Å²) in [6.45, 7) is 2.57. The number of carbonyl (C=O) groups is 1. The molecule has 1 atom stereocenters. The number of amides is 1. The van der Waals surface area contributed by atoms with E-state index in [1.54, 1.807) is 6.20 Å². The Balaban J connectivity index is 1.40. The number of para-hydroxylation sites is 1. The van der Waals surface area contributed by atoms with Crippen molar-refractivity contribution in [1.29, 1.82) is 0 Å². The third-order valence-electron chi connectivity index (χ3n) is 4.72. The van der Waals surface area contributed by atoms with Crippen LogP contribution in [0.4, 0.5) is 0 Å². The van der Waals surface area contributed by atoms with Gasteiger partial charge in [-0.3, -0.25) is 9.78 Å². The minimum Gasteiger partial charge on any atom is -0.346 e. The van der Waals surface area contributed by atoms with E-state index in [0.29, 0.717) is 18.0 Å². The Morgan fingerprint density at radius 1 is 1.32 bits per heavy atom. The first-order valence-corrected chi connectivity index (χ1v) is 8.54. The first-order valence-electron chi connectivity index (χ1n) is 8.54. The second kappa shape index (κ2) is 6.64. The highest BCUT2D eigenvalue weighted by atomic mass is 16.1. The van der Waals surface area contributed by atoms with Crippen molar-refractivity contribution in [2.75, 3.05) is 20.1 Å². The van der Waals surface area contributed by atoms with E-state index in [-0.39, 0.29) is 5.91 Å². The van der Waals surface area contributed by atoms with Crippen molar-refractivity contribution in [2.45, 2.75) is 18.9 Å². The van der Waals surface area contributed by atoms with Gasteiger partial charge >= 0.3 is 0 Å². The quantitative estimate of drug-likeness (QED) is 0.767. The van der Waals surface area contributed by atoms with Gasteiger partial charge in [-0.2, -0.15) is 0 Å². The lowest BCUT2D eigenvalue weighted by Crippen LogP contribution is -2.23. The molecule has 0 aliphatic carbocycles. The number of aromatic nitrogens is 3. The monoisotopic (exact) mass is 335 g/mol. The van der Waals surface area contributed by atoms with Crippen LogP contribution in [-0.4, -0.2) is 45.9 Å². The van der Waals surface area contributed by atoms with Crippen molar-refractivity contribution in [3.63, 3.8) is 0 Å². The predicted octanol–water partition coefficient (Wildman–Crippen LogP) is 2.31. The summed E-state index contributed by atoms with van der Waals surface area (Å²) in [7, 11) is 2.13. The Kier molecular flexibility index (Phi) is 4.19. The maximum atomic E-state index is 12.4. The van der Waals surface area contributed by atoms with Crippen LogP contribution in [0.3, 0.4) is 0 Å². The van der Waals surface area contributed by atoms with Crippen LogP contribution in [0.15, 0.2) is 42.7 Å². The number of H-pyrrole nitrogens is 1. The first kappa shape index (κ1) is 15.8. The normalized spacial score (nSPS) is 17.9. The van der Waals surface area contributed by atoms with E-state index in [0.717, 1.165) is 41.9 Å². The maximum Gasteiger partial charge on any atom is 0.253 e. The van der Waals surface area contributed by atoms with Gasteiger partial charge in [0.1, 0.15) is 5.82 Å². The van der Waals surface area contributed by atoms with Crippen molar-refractivity contribution in [3.05, 3.63) is 59.8 Å². The lowest BCUT2D eigenvalue weighted by atomic mass is 10.1. The summed E-state index contributed by atoms with van der Waals surface area (Å²) in [5.41, 5.74) is 2.38. The van der Waals surface area contributed by atoms with E-state index >= 15 is 0 Å². The van der Waals surface area contributed by atoms with Crippen LogP contribution >= 0.6 is 0 Å². The number of benzene rings is 1. The fourth-order valence-corrected chi connectivity index (χ4v) is 3.30. The number of pyridine rings is 1. The number of nitrogens with zero attached hydrogens (tertiary/aromatic N) is 3. The summed E-state index contributed by atoms with van der Waals surface area (Å²) in [5.74, 6) is 1.34. The molecular formula is C19H21N5O. The van der Waals surface area contributed by atoms with Crippen LogP contribution in [-0.2, 0) is 6.54 Å². The second-order valence-electron chi connectivity index (χ2n) is 6.64. The van der Waals surface area contributed by atoms with E-state index in [1.165, 1.54) is 0 Å². The Labute approximate surface area is 146 Å². The molecule has 1 amide bonds. The van der Waals surface area contributed by atoms with Gasteiger partial charge in [0.05, 0.1) is 29.5 Å². The minimum atomic E-state index is -0.130. The van der Waals surface area contributed by atoms with Gasteiger partial charge in [0.25, 0.3) is 5.91 Å². The van der Waals surface area contributed by atoms with Gasteiger partial charge in [0.15, 0.2) is 0 Å². The van der Waals surface area contributed by atoms with E-state index < -0.39 is 0 Å². The molecule has 3 aromatic rings. The third kappa shape index (κ3) is 3.39. The molecule has 4 rings (SSSR count). The molecule has 6 heteroatoms. The van der Waals surface area contributed by atoms with Gasteiger partial charge in [-0.1, -0.05) is 18.2 Å². The highest BCUT2D eigenvalue weighted by molar-refractivity contribution is 5.97. The Hall–Kier alpha value is -2.73. The summed E-state index contributed by atoms with van der Waals surface area (Å²) < 4.78 is 0. The molecular weight excluding hydrogens is 314 g/mol. The van der Waals surface area contributed by atoms with E-state index in [1.807, 2.05) is 36.5 Å². The first-order chi connectivity index (χ1) is 12.2. The number of imidazole rings is 1. The molecule has 1 aliphatic rings. The van der Waals surface area contributed by atoms with Crippen molar-refractivity contribution < 1.29 is 4.79 Å². The number of hydrogen-bond acceptors (Lipinski definition) is 4. The van der Waals surface area contributed by atoms with Crippen LogP contribution in [0.25, 0.3) is 10.9 Å². The van der Waals surface area contributed by atoms with Crippen LogP contribution in [0.1, 0.15) is 34.2 Å². The summed E-state index contributed by atoms with van der Waals surface area (Å²) in [4.78, 5) is 26.8. The van der Waals surface area contributed by atoms with Crippen molar-refractivity contribution in [1.82, 2.24) is 25.2 Å². The molecule has 1 aromatic carbocycles. The molecule has 1 aliphatic heterocycles.